The second-order valence-electron chi connectivity index (χ2n) is 7.06. The minimum atomic E-state index is -0.227. The van der Waals surface area contributed by atoms with Gasteiger partial charge in [0.1, 0.15) is 0 Å². The van der Waals surface area contributed by atoms with Crippen LogP contribution in [0.3, 0.4) is 0 Å². The zero-order valence-electron chi connectivity index (χ0n) is 12.5. The molecule has 100 valence electrons. The highest BCUT2D eigenvalue weighted by molar-refractivity contribution is 5.34. The zero-order chi connectivity index (χ0) is 13.7. The van der Waals surface area contributed by atoms with Crippen molar-refractivity contribution in [2.24, 2.45) is 16.7 Å². The molecule has 1 heteroatoms. The van der Waals surface area contributed by atoms with E-state index in [9.17, 15) is 5.11 Å². The fourth-order valence-electron chi connectivity index (χ4n) is 3.71. The lowest BCUT2D eigenvalue weighted by molar-refractivity contribution is 0.129. The van der Waals surface area contributed by atoms with Crippen LogP contribution < -0.4 is 0 Å². The Bertz CT molecular complexity index is 422. The van der Waals surface area contributed by atoms with Crippen LogP contribution in [0.25, 0.3) is 0 Å². The van der Waals surface area contributed by atoms with Gasteiger partial charge in [-0.15, -0.1) is 0 Å². The van der Waals surface area contributed by atoms with Crippen molar-refractivity contribution in [3.8, 4) is 0 Å². The number of hydrogen-bond acceptors (Lipinski definition) is 1. The van der Waals surface area contributed by atoms with Gasteiger partial charge in [-0.2, -0.15) is 0 Å². The van der Waals surface area contributed by atoms with Gasteiger partial charge in [-0.3, -0.25) is 0 Å². The number of hydrogen-bond donors (Lipinski definition) is 1. The van der Waals surface area contributed by atoms with Crippen LogP contribution in [-0.4, -0.2) is 11.2 Å². The van der Waals surface area contributed by atoms with Gasteiger partial charge in [0.05, 0.1) is 6.10 Å². The normalized spacial score (nSPS) is 22.8. The topological polar surface area (TPSA) is 20.2 Å². The predicted molar refractivity (Wildman–Crippen MR) is 76.7 cm³/mol. The lowest BCUT2D eigenvalue weighted by Gasteiger charge is -2.16. The van der Waals surface area contributed by atoms with Crippen molar-refractivity contribution in [2.45, 2.75) is 54.1 Å². The quantitative estimate of drug-likeness (QED) is 0.858. The largest absolute Gasteiger partial charge is 0.392 e. The molecule has 1 nitrogen and oxygen atoms in total. The van der Waals surface area contributed by atoms with Gasteiger partial charge < -0.3 is 5.11 Å². The Morgan fingerprint density at radius 1 is 1.06 bits per heavy atom. The molecule has 0 spiro atoms. The van der Waals surface area contributed by atoms with Gasteiger partial charge in [0.2, 0.25) is 0 Å². The van der Waals surface area contributed by atoms with Crippen LogP contribution in [0, 0.1) is 30.6 Å². The van der Waals surface area contributed by atoms with Crippen LogP contribution in [0.1, 0.15) is 44.4 Å². The Labute approximate surface area is 111 Å². The molecule has 1 aromatic rings. The van der Waals surface area contributed by atoms with E-state index in [-0.39, 0.29) is 16.9 Å². The third-order valence-corrected chi connectivity index (χ3v) is 5.57. The maximum absolute atomic E-state index is 10.6. The summed E-state index contributed by atoms with van der Waals surface area (Å²) in [6.07, 6.45) is 0.561. The molecule has 1 aliphatic carbocycles. The minimum Gasteiger partial charge on any atom is -0.392 e. The van der Waals surface area contributed by atoms with E-state index < -0.39 is 0 Å². The fourth-order valence-corrected chi connectivity index (χ4v) is 3.71. The monoisotopic (exact) mass is 246 g/mol. The molecule has 18 heavy (non-hydrogen) atoms. The number of benzene rings is 1. The van der Waals surface area contributed by atoms with E-state index in [4.69, 9.17) is 0 Å². The minimum absolute atomic E-state index is 0.227. The lowest BCUT2D eigenvalue weighted by atomic mass is 9.93. The highest BCUT2D eigenvalue weighted by atomic mass is 16.3. The molecular formula is C17H26O. The molecule has 0 radical (unpaired) electrons. The maximum Gasteiger partial charge on any atom is 0.0619 e. The second kappa shape index (κ2) is 4.09. The van der Waals surface area contributed by atoms with E-state index in [0.717, 1.165) is 6.42 Å². The highest BCUT2D eigenvalue weighted by Crippen LogP contribution is 2.69. The van der Waals surface area contributed by atoms with E-state index in [0.29, 0.717) is 5.92 Å². The molecule has 2 rings (SSSR count). The van der Waals surface area contributed by atoms with Gasteiger partial charge in [0.15, 0.2) is 0 Å². The SMILES string of the molecule is Cc1cccc(C)c1CC(O)C1C(C)(C)C1(C)C. The van der Waals surface area contributed by atoms with Gasteiger partial charge >= 0.3 is 0 Å². The van der Waals surface area contributed by atoms with Crippen LogP contribution in [0.5, 0.6) is 0 Å². The van der Waals surface area contributed by atoms with Crippen LogP contribution in [0.4, 0.5) is 0 Å². The lowest BCUT2D eigenvalue weighted by Crippen LogP contribution is -2.18. The summed E-state index contributed by atoms with van der Waals surface area (Å²) in [5.74, 6) is 0.406. The molecule has 0 aliphatic heterocycles. The first kappa shape index (κ1) is 13.6. The first-order chi connectivity index (χ1) is 8.19. The summed E-state index contributed by atoms with van der Waals surface area (Å²) >= 11 is 0. The van der Waals surface area contributed by atoms with Crippen LogP contribution in [-0.2, 0) is 6.42 Å². The first-order valence-corrected chi connectivity index (χ1v) is 6.92. The number of aliphatic hydroxyl groups is 1. The van der Waals surface area contributed by atoms with Crippen molar-refractivity contribution in [2.75, 3.05) is 0 Å². The van der Waals surface area contributed by atoms with E-state index >= 15 is 0 Å². The van der Waals surface area contributed by atoms with Crippen molar-refractivity contribution < 1.29 is 5.11 Å². The van der Waals surface area contributed by atoms with E-state index in [2.05, 4.69) is 59.7 Å². The third kappa shape index (κ3) is 1.89. The number of aliphatic hydroxyl groups excluding tert-OH is 1. The van der Waals surface area contributed by atoms with Gasteiger partial charge in [-0.05, 0) is 53.7 Å². The Kier molecular flexibility index (Phi) is 3.09. The van der Waals surface area contributed by atoms with Crippen molar-refractivity contribution in [1.82, 2.24) is 0 Å². The van der Waals surface area contributed by atoms with Crippen molar-refractivity contribution >= 4 is 0 Å². The highest BCUT2D eigenvalue weighted by Gasteiger charge is 2.66. The summed E-state index contributed by atoms with van der Waals surface area (Å²) in [6, 6.07) is 6.36. The van der Waals surface area contributed by atoms with E-state index in [1.807, 2.05) is 0 Å². The molecule has 1 atom stereocenters. The van der Waals surface area contributed by atoms with Gasteiger partial charge in [-0.1, -0.05) is 45.9 Å². The summed E-state index contributed by atoms with van der Waals surface area (Å²) in [5.41, 5.74) is 4.42. The van der Waals surface area contributed by atoms with Gasteiger partial charge in [0, 0.05) is 0 Å². The van der Waals surface area contributed by atoms with Crippen LogP contribution in [0.15, 0.2) is 18.2 Å². The molecule has 1 N–H and O–H groups in total. The summed E-state index contributed by atoms with van der Waals surface area (Å²) in [7, 11) is 0. The Morgan fingerprint density at radius 2 is 1.50 bits per heavy atom. The van der Waals surface area contributed by atoms with Crippen molar-refractivity contribution in [3.05, 3.63) is 34.9 Å². The molecule has 0 amide bonds. The predicted octanol–water partition coefficient (Wildman–Crippen LogP) is 3.89. The molecular weight excluding hydrogens is 220 g/mol. The van der Waals surface area contributed by atoms with Crippen molar-refractivity contribution in [3.63, 3.8) is 0 Å². The average Bonchev–Trinajstić information content (AvgIpc) is 2.63. The first-order valence-electron chi connectivity index (χ1n) is 6.92. The smallest absolute Gasteiger partial charge is 0.0619 e. The standard InChI is InChI=1S/C17H26O/c1-11-8-7-9-12(2)13(11)10-14(18)15-16(3,4)17(15,5)6/h7-9,14-15,18H,10H2,1-6H3. The van der Waals surface area contributed by atoms with Crippen LogP contribution in [0.2, 0.25) is 0 Å². The Morgan fingerprint density at radius 3 is 1.89 bits per heavy atom. The van der Waals surface area contributed by atoms with Gasteiger partial charge in [0.25, 0.3) is 0 Å². The maximum atomic E-state index is 10.6. The summed E-state index contributed by atoms with van der Waals surface area (Å²) in [5, 5.41) is 10.6. The molecule has 1 unspecified atom stereocenters. The third-order valence-electron chi connectivity index (χ3n) is 5.57. The zero-order valence-corrected chi connectivity index (χ0v) is 12.5. The van der Waals surface area contributed by atoms with Gasteiger partial charge in [-0.25, -0.2) is 0 Å². The summed E-state index contributed by atoms with van der Waals surface area (Å²) in [4.78, 5) is 0. The molecule has 1 aliphatic rings. The molecule has 1 aromatic carbocycles. The van der Waals surface area contributed by atoms with Crippen LogP contribution >= 0.6 is 0 Å². The molecule has 0 aromatic heterocycles. The molecule has 0 heterocycles. The Hall–Kier alpha value is -0.820. The fraction of sp³-hybridized carbons (Fsp3) is 0.647. The summed E-state index contributed by atoms with van der Waals surface area (Å²) < 4.78 is 0. The number of aryl methyl sites for hydroxylation is 2. The molecule has 0 bridgehead atoms. The van der Waals surface area contributed by atoms with E-state index in [1.54, 1.807) is 0 Å². The second-order valence-corrected chi connectivity index (χ2v) is 7.06. The molecule has 0 saturated heterocycles. The summed E-state index contributed by atoms with van der Waals surface area (Å²) in [6.45, 7) is 13.4. The Balaban J connectivity index is 2.17. The van der Waals surface area contributed by atoms with Crippen molar-refractivity contribution in [1.29, 1.82) is 0 Å². The average molecular weight is 246 g/mol. The molecule has 1 saturated carbocycles. The molecule has 1 fully saturated rings. The number of rotatable bonds is 3. The van der Waals surface area contributed by atoms with E-state index in [1.165, 1.54) is 16.7 Å².